The van der Waals surface area contributed by atoms with E-state index in [-0.39, 0.29) is 11.9 Å². The molecule has 5 aliphatic carbocycles. The van der Waals surface area contributed by atoms with Gasteiger partial charge in [0.05, 0.1) is 0 Å². The Morgan fingerprint density at radius 2 is 1.52 bits per heavy atom. The average Bonchev–Trinajstić information content (AvgIpc) is 3.14. The largest absolute Gasteiger partial charge is 0.374 e. The van der Waals surface area contributed by atoms with E-state index in [1.54, 1.807) is 5.56 Å². The predicted molar refractivity (Wildman–Crippen MR) is 110 cm³/mol. The van der Waals surface area contributed by atoms with Crippen LogP contribution in [0.4, 0.5) is 5.69 Å². The highest BCUT2D eigenvalue weighted by atomic mass is 16.2. The molecule has 0 unspecified atom stereocenters. The number of anilines is 1. The lowest BCUT2D eigenvalue weighted by Gasteiger charge is -2.57. The number of hydrogen-bond acceptors (Lipinski definition) is 2. The third-order valence-electron chi connectivity index (χ3n) is 8.01. The Hall–Kier alpha value is -1.51. The zero-order valence-electron chi connectivity index (χ0n) is 16.7. The van der Waals surface area contributed by atoms with Crippen molar-refractivity contribution in [3.05, 3.63) is 29.8 Å². The summed E-state index contributed by atoms with van der Waals surface area (Å²) in [5.74, 6) is 3.07. The molecule has 0 aliphatic heterocycles. The van der Waals surface area contributed by atoms with Crippen LogP contribution in [-0.2, 0) is 10.2 Å². The lowest BCUT2D eigenvalue weighted by Crippen LogP contribution is -2.48. The molecule has 6 rings (SSSR count). The van der Waals surface area contributed by atoms with Crippen LogP contribution in [0.3, 0.4) is 0 Å². The predicted octanol–water partition coefficient (Wildman–Crippen LogP) is 5.01. The van der Waals surface area contributed by atoms with Crippen LogP contribution in [-0.4, -0.2) is 18.0 Å². The summed E-state index contributed by atoms with van der Waals surface area (Å²) >= 11 is 0. The highest BCUT2D eigenvalue weighted by Gasteiger charge is 2.51. The van der Waals surface area contributed by atoms with Gasteiger partial charge in [-0.25, -0.2) is 0 Å². The van der Waals surface area contributed by atoms with Gasteiger partial charge in [0, 0.05) is 11.7 Å². The summed E-state index contributed by atoms with van der Waals surface area (Å²) in [7, 11) is 0. The van der Waals surface area contributed by atoms with Gasteiger partial charge in [0.1, 0.15) is 6.04 Å². The number of benzene rings is 1. The van der Waals surface area contributed by atoms with E-state index in [9.17, 15) is 4.79 Å². The molecule has 1 aromatic rings. The first kappa shape index (κ1) is 17.6. The van der Waals surface area contributed by atoms with Gasteiger partial charge in [0.25, 0.3) is 0 Å². The molecule has 0 spiro atoms. The molecule has 27 heavy (non-hydrogen) atoms. The second-order valence-corrected chi connectivity index (χ2v) is 10.1. The van der Waals surface area contributed by atoms with E-state index >= 15 is 0 Å². The quantitative estimate of drug-likeness (QED) is 0.769. The lowest BCUT2D eigenvalue weighted by atomic mass is 9.48. The third-order valence-corrected chi connectivity index (χ3v) is 8.01. The Morgan fingerprint density at radius 3 is 2.07 bits per heavy atom. The Morgan fingerprint density at radius 1 is 0.963 bits per heavy atom. The molecule has 0 aromatic heterocycles. The number of amides is 1. The van der Waals surface area contributed by atoms with Gasteiger partial charge >= 0.3 is 0 Å². The van der Waals surface area contributed by atoms with Crippen LogP contribution in [0.5, 0.6) is 0 Å². The van der Waals surface area contributed by atoms with Gasteiger partial charge in [-0.1, -0.05) is 25.0 Å². The summed E-state index contributed by atoms with van der Waals surface area (Å²) in [6.07, 6.45) is 13.5. The standard InChI is InChI=1S/C24H34N2O/c1-16(23(27)26-21-4-2-3-5-21)25-22-8-6-20(7-9-22)24-13-17-10-18(14-24)12-19(11-17)15-24/h6-9,16-19,21,25H,2-5,10-15H2,1H3,(H,26,27)/t16-,17?,18?,19?,24?/m1/s1. The smallest absolute Gasteiger partial charge is 0.242 e. The fourth-order valence-electron chi connectivity index (χ4n) is 7.10. The topological polar surface area (TPSA) is 41.1 Å². The molecule has 1 aromatic carbocycles. The van der Waals surface area contributed by atoms with E-state index in [0.717, 1.165) is 36.3 Å². The van der Waals surface area contributed by atoms with Crippen molar-refractivity contribution in [1.82, 2.24) is 5.32 Å². The molecule has 5 fully saturated rings. The van der Waals surface area contributed by atoms with Gasteiger partial charge in [-0.15, -0.1) is 0 Å². The molecule has 4 bridgehead atoms. The Bertz CT molecular complexity index is 654. The van der Waals surface area contributed by atoms with Crippen LogP contribution in [0.15, 0.2) is 24.3 Å². The van der Waals surface area contributed by atoms with Crippen molar-refractivity contribution in [1.29, 1.82) is 0 Å². The van der Waals surface area contributed by atoms with Crippen molar-refractivity contribution in [3.63, 3.8) is 0 Å². The van der Waals surface area contributed by atoms with E-state index in [0.29, 0.717) is 11.5 Å². The van der Waals surface area contributed by atoms with Crippen LogP contribution in [0.25, 0.3) is 0 Å². The molecular formula is C24H34N2O. The molecule has 2 N–H and O–H groups in total. The molecule has 146 valence electrons. The molecular weight excluding hydrogens is 332 g/mol. The average molecular weight is 367 g/mol. The first-order chi connectivity index (χ1) is 13.1. The lowest BCUT2D eigenvalue weighted by molar-refractivity contribution is -0.122. The molecule has 3 heteroatoms. The molecule has 3 nitrogen and oxygen atoms in total. The van der Waals surface area contributed by atoms with Crippen LogP contribution in [0, 0.1) is 17.8 Å². The summed E-state index contributed by atoms with van der Waals surface area (Å²) in [6, 6.07) is 9.30. The Balaban J connectivity index is 1.23. The summed E-state index contributed by atoms with van der Waals surface area (Å²) in [5.41, 5.74) is 3.08. The van der Waals surface area contributed by atoms with E-state index in [1.165, 1.54) is 51.4 Å². The highest BCUT2D eigenvalue weighted by molar-refractivity contribution is 5.84. The Labute approximate surface area is 163 Å². The van der Waals surface area contributed by atoms with Gasteiger partial charge < -0.3 is 10.6 Å². The first-order valence-corrected chi connectivity index (χ1v) is 11.3. The molecule has 5 aliphatic rings. The van der Waals surface area contributed by atoms with Gasteiger partial charge in [-0.2, -0.15) is 0 Å². The van der Waals surface area contributed by atoms with Gasteiger partial charge in [0.15, 0.2) is 0 Å². The van der Waals surface area contributed by atoms with Crippen molar-refractivity contribution < 1.29 is 4.79 Å². The summed E-state index contributed by atoms with van der Waals surface area (Å²) in [6.45, 7) is 1.97. The second kappa shape index (κ2) is 6.83. The van der Waals surface area contributed by atoms with Crippen molar-refractivity contribution in [3.8, 4) is 0 Å². The first-order valence-electron chi connectivity index (χ1n) is 11.3. The maximum Gasteiger partial charge on any atom is 0.242 e. The van der Waals surface area contributed by atoms with Crippen molar-refractivity contribution in [2.24, 2.45) is 17.8 Å². The third kappa shape index (κ3) is 3.39. The number of carbonyl (C=O) groups is 1. The number of rotatable bonds is 5. The summed E-state index contributed by atoms with van der Waals surface area (Å²) in [5, 5.41) is 6.60. The van der Waals surface area contributed by atoms with Crippen molar-refractivity contribution in [2.75, 3.05) is 5.32 Å². The minimum atomic E-state index is -0.184. The SMILES string of the molecule is C[C@@H](Nc1ccc(C23CC4CC(CC(C4)C2)C3)cc1)C(=O)NC1CCCC1. The number of nitrogens with one attached hydrogen (secondary N) is 2. The van der Waals surface area contributed by atoms with Gasteiger partial charge in [-0.3, -0.25) is 4.79 Å². The normalized spacial score (nSPS) is 36.0. The number of carbonyl (C=O) groups excluding carboxylic acids is 1. The van der Waals surface area contributed by atoms with E-state index in [4.69, 9.17) is 0 Å². The van der Waals surface area contributed by atoms with E-state index in [2.05, 4.69) is 34.9 Å². The monoisotopic (exact) mass is 366 g/mol. The summed E-state index contributed by atoms with van der Waals surface area (Å²) < 4.78 is 0. The molecule has 5 saturated carbocycles. The van der Waals surface area contributed by atoms with Crippen molar-refractivity contribution >= 4 is 11.6 Å². The van der Waals surface area contributed by atoms with Crippen LogP contribution >= 0.6 is 0 Å². The zero-order chi connectivity index (χ0) is 18.4. The molecule has 0 heterocycles. The van der Waals surface area contributed by atoms with Crippen LogP contribution < -0.4 is 10.6 Å². The summed E-state index contributed by atoms with van der Waals surface area (Å²) in [4.78, 5) is 12.4. The van der Waals surface area contributed by atoms with E-state index < -0.39 is 0 Å². The fraction of sp³-hybridized carbons (Fsp3) is 0.708. The maximum atomic E-state index is 12.4. The van der Waals surface area contributed by atoms with Gasteiger partial charge in [-0.05, 0) is 99.2 Å². The van der Waals surface area contributed by atoms with Crippen LogP contribution in [0.1, 0.15) is 76.7 Å². The Kier molecular flexibility index (Phi) is 4.44. The van der Waals surface area contributed by atoms with Crippen LogP contribution in [0.2, 0.25) is 0 Å². The molecule has 1 atom stereocenters. The van der Waals surface area contributed by atoms with Gasteiger partial charge in [0.2, 0.25) is 5.91 Å². The number of hydrogen-bond donors (Lipinski definition) is 2. The maximum absolute atomic E-state index is 12.4. The highest BCUT2D eigenvalue weighted by Crippen LogP contribution is 2.60. The second-order valence-electron chi connectivity index (χ2n) is 10.1. The molecule has 1 amide bonds. The fourth-order valence-corrected chi connectivity index (χ4v) is 7.10. The molecule has 0 radical (unpaired) electrons. The zero-order valence-corrected chi connectivity index (χ0v) is 16.7. The minimum absolute atomic E-state index is 0.132. The molecule has 0 saturated heterocycles. The van der Waals surface area contributed by atoms with E-state index in [1.807, 2.05) is 6.92 Å². The minimum Gasteiger partial charge on any atom is -0.374 e. The van der Waals surface area contributed by atoms with Crippen molar-refractivity contribution in [2.45, 2.75) is 88.6 Å².